The Labute approximate surface area is 374 Å². The van der Waals surface area contributed by atoms with Crippen molar-refractivity contribution in [2.45, 2.75) is 206 Å². The number of hydrogen-bond donors (Lipinski definition) is 1. The van der Waals surface area contributed by atoms with E-state index in [1.54, 1.807) is 0 Å². The minimum Gasteiger partial charge on any atom is -0.477 e. The molecule has 0 spiro atoms. The maximum absolute atomic E-state index is 12.8. The van der Waals surface area contributed by atoms with Crippen LogP contribution in [-0.2, 0) is 28.6 Å². The molecule has 0 fully saturated rings. The number of rotatable bonds is 43. The van der Waals surface area contributed by atoms with Crippen molar-refractivity contribution in [1.29, 1.82) is 0 Å². The molecule has 2 unspecified atom stereocenters. The van der Waals surface area contributed by atoms with Gasteiger partial charge in [0.1, 0.15) is 6.61 Å². The number of carbonyl (C=O) groups excluding carboxylic acids is 2. The number of nitrogens with zero attached hydrogens (tertiary/aromatic N) is 1. The fraction of sp³-hybridized carbons (Fsp3) is 0.717. The lowest BCUT2D eigenvalue weighted by molar-refractivity contribution is -0.887. The highest BCUT2D eigenvalue weighted by Crippen LogP contribution is 2.14. The Balaban J connectivity index is 4.29. The fourth-order valence-electron chi connectivity index (χ4n) is 6.86. The molecule has 0 aliphatic carbocycles. The van der Waals surface area contributed by atoms with Crippen LogP contribution >= 0.6 is 0 Å². The SMILES string of the molecule is CC/C=C/C=C/C=C/CCCCCCCCCC(=O)OCC(COCCC(C(=O)O)[N+](C)(C)C)OC(=O)CCCCCCCCCCC/C=C/C/C=C/C/C=C/CCCCC. The van der Waals surface area contributed by atoms with Gasteiger partial charge in [-0.3, -0.25) is 9.59 Å². The van der Waals surface area contributed by atoms with Gasteiger partial charge in [0.05, 0.1) is 34.4 Å². The lowest BCUT2D eigenvalue weighted by Gasteiger charge is -2.31. The van der Waals surface area contributed by atoms with E-state index >= 15 is 0 Å². The van der Waals surface area contributed by atoms with E-state index < -0.39 is 18.1 Å². The van der Waals surface area contributed by atoms with Crippen molar-refractivity contribution < 1.29 is 38.2 Å². The molecule has 0 heterocycles. The largest absolute Gasteiger partial charge is 0.477 e. The van der Waals surface area contributed by atoms with Crippen molar-refractivity contribution >= 4 is 17.9 Å². The minimum absolute atomic E-state index is 0.0519. The number of aliphatic carboxylic acids is 1. The highest BCUT2D eigenvalue weighted by Gasteiger charge is 2.31. The summed E-state index contributed by atoms with van der Waals surface area (Å²) >= 11 is 0. The molecular formula is C53H92NO7+. The zero-order valence-corrected chi connectivity index (χ0v) is 39.8. The number of hydrogen-bond acceptors (Lipinski definition) is 6. The first-order valence-corrected chi connectivity index (χ1v) is 24.5. The second kappa shape index (κ2) is 43.4. The van der Waals surface area contributed by atoms with Gasteiger partial charge < -0.3 is 23.8 Å². The monoisotopic (exact) mass is 855 g/mol. The van der Waals surface area contributed by atoms with Gasteiger partial charge in [0.25, 0.3) is 0 Å². The van der Waals surface area contributed by atoms with E-state index in [4.69, 9.17) is 14.2 Å². The predicted octanol–water partition coefficient (Wildman–Crippen LogP) is 13.9. The van der Waals surface area contributed by atoms with Crippen molar-refractivity contribution in [3.8, 4) is 0 Å². The van der Waals surface area contributed by atoms with Crippen LogP contribution in [0.15, 0.2) is 72.9 Å². The normalized spacial score (nSPS) is 13.5. The number of ether oxygens (including phenoxy) is 3. The first-order valence-electron chi connectivity index (χ1n) is 24.5. The van der Waals surface area contributed by atoms with E-state index in [1.807, 2.05) is 21.1 Å². The number of carboxylic acids is 1. The second-order valence-corrected chi connectivity index (χ2v) is 17.4. The Bertz CT molecular complexity index is 1230. The quantitative estimate of drug-likeness (QED) is 0.0214. The highest BCUT2D eigenvalue weighted by atomic mass is 16.6. The Kier molecular flexibility index (Phi) is 41.1. The van der Waals surface area contributed by atoms with Gasteiger partial charge in [-0.25, -0.2) is 4.79 Å². The van der Waals surface area contributed by atoms with E-state index in [1.165, 1.54) is 89.9 Å². The molecular weight excluding hydrogens is 763 g/mol. The van der Waals surface area contributed by atoms with Crippen LogP contribution in [0.5, 0.6) is 0 Å². The molecule has 0 saturated heterocycles. The fourth-order valence-corrected chi connectivity index (χ4v) is 6.86. The summed E-state index contributed by atoms with van der Waals surface area (Å²) in [5.41, 5.74) is 0. The van der Waals surface area contributed by atoms with E-state index in [-0.39, 0.29) is 36.2 Å². The molecule has 0 aliphatic heterocycles. The van der Waals surface area contributed by atoms with Crippen molar-refractivity contribution in [2.75, 3.05) is 41.0 Å². The van der Waals surface area contributed by atoms with Crippen LogP contribution in [0.3, 0.4) is 0 Å². The first kappa shape index (κ1) is 57.8. The number of carboxylic acid groups (broad SMARTS) is 1. The number of carbonyl (C=O) groups is 3. The molecule has 350 valence electrons. The number of esters is 2. The van der Waals surface area contributed by atoms with E-state index in [0.29, 0.717) is 19.3 Å². The van der Waals surface area contributed by atoms with Crippen LogP contribution in [0.25, 0.3) is 0 Å². The first-order chi connectivity index (χ1) is 29.6. The molecule has 0 aromatic heterocycles. The Hall–Kier alpha value is -3.23. The molecule has 0 radical (unpaired) electrons. The van der Waals surface area contributed by atoms with E-state index in [9.17, 15) is 19.5 Å². The molecule has 0 aliphatic rings. The lowest BCUT2D eigenvalue weighted by atomic mass is 10.1. The molecule has 0 aromatic carbocycles. The average Bonchev–Trinajstić information content (AvgIpc) is 3.22. The van der Waals surface area contributed by atoms with Gasteiger partial charge in [0.2, 0.25) is 0 Å². The van der Waals surface area contributed by atoms with Crippen molar-refractivity contribution in [2.24, 2.45) is 0 Å². The summed E-state index contributed by atoms with van der Waals surface area (Å²) in [6.07, 6.45) is 55.1. The molecule has 8 heteroatoms. The van der Waals surface area contributed by atoms with Gasteiger partial charge in [-0.2, -0.15) is 0 Å². The molecule has 0 aromatic rings. The molecule has 0 amide bonds. The summed E-state index contributed by atoms with van der Waals surface area (Å²) in [5, 5.41) is 9.64. The van der Waals surface area contributed by atoms with Crippen LogP contribution < -0.4 is 0 Å². The topological polar surface area (TPSA) is 99.1 Å². The van der Waals surface area contributed by atoms with Crippen molar-refractivity contribution in [1.82, 2.24) is 0 Å². The minimum atomic E-state index is -0.880. The Morgan fingerprint density at radius 2 is 0.984 bits per heavy atom. The maximum Gasteiger partial charge on any atom is 0.362 e. The number of likely N-dealkylation sites (N-methyl/N-ethyl adjacent to an activating group) is 1. The average molecular weight is 855 g/mol. The molecule has 1 N–H and O–H groups in total. The van der Waals surface area contributed by atoms with Gasteiger partial charge in [-0.05, 0) is 70.6 Å². The van der Waals surface area contributed by atoms with Gasteiger partial charge in [0.15, 0.2) is 12.1 Å². The second-order valence-electron chi connectivity index (χ2n) is 17.4. The lowest BCUT2D eigenvalue weighted by Crippen LogP contribution is -2.50. The predicted molar refractivity (Wildman–Crippen MR) is 257 cm³/mol. The van der Waals surface area contributed by atoms with E-state index in [0.717, 1.165) is 70.6 Å². The van der Waals surface area contributed by atoms with Crippen molar-refractivity contribution in [3.63, 3.8) is 0 Å². The highest BCUT2D eigenvalue weighted by molar-refractivity contribution is 5.72. The summed E-state index contributed by atoms with van der Waals surface area (Å²) in [6.45, 7) is 4.56. The summed E-state index contributed by atoms with van der Waals surface area (Å²) in [7, 11) is 5.52. The van der Waals surface area contributed by atoms with Crippen LogP contribution in [0.1, 0.15) is 194 Å². The Morgan fingerprint density at radius 1 is 0.525 bits per heavy atom. The van der Waals surface area contributed by atoms with E-state index in [2.05, 4.69) is 86.8 Å². The third-order valence-corrected chi connectivity index (χ3v) is 10.7. The Morgan fingerprint density at radius 3 is 1.49 bits per heavy atom. The summed E-state index contributed by atoms with van der Waals surface area (Å²) in [4.78, 5) is 37.1. The zero-order valence-electron chi connectivity index (χ0n) is 39.8. The summed E-state index contributed by atoms with van der Waals surface area (Å²) < 4.78 is 17.3. The molecule has 2 atom stereocenters. The van der Waals surface area contributed by atoms with Gasteiger partial charge in [-0.1, -0.05) is 177 Å². The molecule has 8 nitrogen and oxygen atoms in total. The number of quaternary nitrogens is 1. The third kappa shape index (κ3) is 41.9. The van der Waals surface area contributed by atoms with Gasteiger partial charge in [0, 0.05) is 19.3 Å². The molecule has 61 heavy (non-hydrogen) atoms. The summed E-state index contributed by atoms with van der Waals surface area (Å²) in [6, 6.07) is -0.621. The van der Waals surface area contributed by atoms with Crippen LogP contribution in [0.2, 0.25) is 0 Å². The smallest absolute Gasteiger partial charge is 0.362 e. The van der Waals surface area contributed by atoms with Gasteiger partial charge in [-0.15, -0.1) is 0 Å². The standard InChI is InChI=1S/C53H91NO7/c1-6-8-10-12-14-16-18-20-22-23-24-25-26-27-28-30-32-34-36-38-40-42-44-52(56)61-49(47-59-46-45-50(53(57)58)54(3,4)5)48-60-51(55)43-41-39-37-35-33-31-29-21-19-17-15-13-11-9-7-2/h9,11,13-17,19-20,22,24-25,49-50H,6-8,10,12,18,21,23,26-48H2,1-5H3/p+1/b11-9+,15-13+,16-14+,19-17+,22-20+,25-24+. The van der Waals surface area contributed by atoms with Crippen LogP contribution in [0, 0.1) is 0 Å². The van der Waals surface area contributed by atoms with Crippen molar-refractivity contribution in [3.05, 3.63) is 72.9 Å². The number of allylic oxidation sites excluding steroid dienone is 12. The summed E-state index contributed by atoms with van der Waals surface area (Å²) in [5.74, 6) is -1.49. The number of unbranched alkanes of at least 4 members (excludes halogenated alkanes) is 19. The maximum atomic E-state index is 12.8. The third-order valence-electron chi connectivity index (χ3n) is 10.7. The van der Waals surface area contributed by atoms with Gasteiger partial charge >= 0.3 is 17.9 Å². The molecule has 0 saturated carbocycles. The van der Waals surface area contributed by atoms with Crippen LogP contribution in [0.4, 0.5) is 0 Å². The molecule has 0 rings (SSSR count). The molecule has 0 bridgehead atoms. The zero-order chi connectivity index (χ0) is 44.9. The van der Waals surface area contributed by atoms with Crippen LogP contribution in [-0.4, -0.2) is 80.6 Å².